The van der Waals surface area contributed by atoms with E-state index in [1.54, 1.807) is 25.7 Å². The Bertz CT molecular complexity index is 974. The van der Waals surface area contributed by atoms with Crippen LogP contribution < -0.4 is 0 Å². The number of amides is 2. The van der Waals surface area contributed by atoms with Gasteiger partial charge in [-0.25, -0.2) is 14.4 Å². The summed E-state index contributed by atoms with van der Waals surface area (Å²) in [6.07, 6.45) is -0.599. The Hall–Kier alpha value is -3.55. The predicted octanol–water partition coefficient (Wildman–Crippen LogP) is 4.68. The molecule has 3 rings (SSSR count). The molecular weight excluding hydrogens is 436 g/mol. The summed E-state index contributed by atoms with van der Waals surface area (Å²) in [6, 6.07) is 17.4. The van der Waals surface area contributed by atoms with E-state index in [1.165, 1.54) is 4.90 Å². The number of aliphatic carboxylic acids is 1. The van der Waals surface area contributed by atoms with E-state index in [4.69, 9.17) is 9.47 Å². The van der Waals surface area contributed by atoms with Crippen LogP contribution >= 0.6 is 0 Å². The summed E-state index contributed by atoms with van der Waals surface area (Å²) in [5, 5.41) is 9.68. The maximum atomic E-state index is 13.2. The first kappa shape index (κ1) is 25.1. The Labute approximate surface area is 200 Å². The van der Waals surface area contributed by atoms with E-state index in [0.29, 0.717) is 6.42 Å². The van der Waals surface area contributed by atoms with Crippen molar-refractivity contribution in [2.75, 3.05) is 6.54 Å². The summed E-state index contributed by atoms with van der Waals surface area (Å²) in [6.45, 7) is 5.61. The lowest BCUT2D eigenvalue weighted by Gasteiger charge is -2.42. The number of carbonyl (C=O) groups is 3. The molecule has 1 saturated heterocycles. The predicted molar refractivity (Wildman–Crippen MR) is 126 cm³/mol. The summed E-state index contributed by atoms with van der Waals surface area (Å²) in [4.78, 5) is 40.7. The third kappa shape index (κ3) is 6.97. The van der Waals surface area contributed by atoms with Crippen molar-refractivity contribution in [1.29, 1.82) is 0 Å². The van der Waals surface area contributed by atoms with Crippen molar-refractivity contribution in [3.05, 3.63) is 71.8 Å². The number of nitrogens with zero attached hydrogens (tertiary/aromatic N) is 2. The minimum absolute atomic E-state index is 0.0408. The monoisotopic (exact) mass is 468 g/mol. The van der Waals surface area contributed by atoms with Crippen molar-refractivity contribution >= 4 is 18.2 Å². The van der Waals surface area contributed by atoms with Crippen molar-refractivity contribution in [3.63, 3.8) is 0 Å². The van der Waals surface area contributed by atoms with Gasteiger partial charge in [-0.05, 0) is 44.7 Å². The Balaban J connectivity index is 1.81. The van der Waals surface area contributed by atoms with E-state index in [-0.39, 0.29) is 26.1 Å². The smallest absolute Gasteiger partial charge is 0.411 e. The van der Waals surface area contributed by atoms with Gasteiger partial charge < -0.3 is 14.6 Å². The minimum atomic E-state index is -1.09. The second kappa shape index (κ2) is 11.0. The maximum Gasteiger partial charge on any atom is 0.411 e. The molecule has 0 aliphatic carbocycles. The van der Waals surface area contributed by atoms with E-state index in [0.717, 1.165) is 11.1 Å². The molecule has 2 amide bonds. The normalized spacial score (nSPS) is 18.1. The second-order valence-electron chi connectivity index (χ2n) is 9.37. The van der Waals surface area contributed by atoms with Crippen molar-refractivity contribution < 1.29 is 29.0 Å². The molecule has 0 spiro atoms. The standard InChI is InChI=1S/C26H32N2O6/c1-26(2,3)34-25(32)28-17-21(14-15-22(28)23(29)30)27(16-19-10-6-4-7-11-19)24(31)33-18-20-12-8-5-9-13-20/h4-13,21-22H,14-18H2,1-3H3,(H,29,30)/t21?,22-/m0/s1. The number of likely N-dealkylation sites (tertiary alicyclic amines) is 1. The molecule has 1 aliphatic heterocycles. The maximum absolute atomic E-state index is 13.2. The third-order valence-corrected chi connectivity index (χ3v) is 5.55. The number of carboxylic acids is 1. The first-order chi connectivity index (χ1) is 16.1. The van der Waals surface area contributed by atoms with Crippen molar-refractivity contribution in [3.8, 4) is 0 Å². The molecule has 2 atom stereocenters. The van der Waals surface area contributed by atoms with Crippen LogP contribution in [0.1, 0.15) is 44.7 Å². The van der Waals surface area contributed by atoms with Crippen LogP contribution in [-0.2, 0) is 27.4 Å². The van der Waals surface area contributed by atoms with Crippen LogP contribution in [0.15, 0.2) is 60.7 Å². The van der Waals surface area contributed by atoms with Gasteiger partial charge in [0.2, 0.25) is 0 Å². The lowest BCUT2D eigenvalue weighted by molar-refractivity contribution is -0.145. The largest absolute Gasteiger partial charge is 0.480 e. The zero-order valence-corrected chi connectivity index (χ0v) is 19.8. The molecule has 0 aromatic heterocycles. The van der Waals surface area contributed by atoms with Gasteiger partial charge >= 0.3 is 18.2 Å². The van der Waals surface area contributed by atoms with E-state index in [1.807, 2.05) is 60.7 Å². The lowest BCUT2D eigenvalue weighted by atomic mass is 9.97. The van der Waals surface area contributed by atoms with Crippen LogP contribution in [0, 0.1) is 0 Å². The molecule has 8 nitrogen and oxygen atoms in total. The van der Waals surface area contributed by atoms with Crippen LogP contribution in [0.3, 0.4) is 0 Å². The minimum Gasteiger partial charge on any atom is -0.480 e. The average Bonchev–Trinajstić information content (AvgIpc) is 2.81. The number of rotatable bonds is 6. The van der Waals surface area contributed by atoms with Crippen LogP contribution in [0.2, 0.25) is 0 Å². The van der Waals surface area contributed by atoms with Crippen LogP contribution in [0.5, 0.6) is 0 Å². The van der Waals surface area contributed by atoms with Crippen LogP contribution in [0.4, 0.5) is 9.59 Å². The molecule has 1 heterocycles. The van der Waals surface area contributed by atoms with Gasteiger partial charge in [0, 0.05) is 13.1 Å². The van der Waals surface area contributed by atoms with E-state index in [2.05, 4.69) is 0 Å². The first-order valence-corrected chi connectivity index (χ1v) is 11.4. The van der Waals surface area contributed by atoms with Crippen molar-refractivity contribution in [2.24, 2.45) is 0 Å². The van der Waals surface area contributed by atoms with E-state index in [9.17, 15) is 19.5 Å². The Morgan fingerprint density at radius 3 is 2.12 bits per heavy atom. The number of carbonyl (C=O) groups excluding carboxylic acids is 2. The summed E-state index contributed by atoms with van der Waals surface area (Å²) in [5.74, 6) is -1.09. The topological polar surface area (TPSA) is 96.4 Å². The fourth-order valence-corrected chi connectivity index (χ4v) is 3.91. The van der Waals surface area contributed by atoms with Gasteiger partial charge in [0.15, 0.2) is 0 Å². The summed E-state index contributed by atoms with van der Waals surface area (Å²) < 4.78 is 11.1. The third-order valence-electron chi connectivity index (χ3n) is 5.55. The fourth-order valence-electron chi connectivity index (χ4n) is 3.91. The Morgan fingerprint density at radius 2 is 1.56 bits per heavy atom. The number of carboxylic acid groups (broad SMARTS) is 1. The van der Waals surface area contributed by atoms with Gasteiger partial charge in [-0.15, -0.1) is 0 Å². The molecule has 34 heavy (non-hydrogen) atoms. The zero-order valence-electron chi connectivity index (χ0n) is 19.8. The van der Waals surface area contributed by atoms with E-state index < -0.39 is 35.8 Å². The quantitative estimate of drug-likeness (QED) is 0.661. The number of ether oxygens (including phenoxy) is 2. The number of hydrogen-bond donors (Lipinski definition) is 1. The molecule has 8 heteroatoms. The highest BCUT2D eigenvalue weighted by atomic mass is 16.6. The Morgan fingerprint density at radius 1 is 0.971 bits per heavy atom. The van der Waals surface area contributed by atoms with Gasteiger partial charge in [-0.3, -0.25) is 9.80 Å². The molecule has 2 aromatic carbocycles. The van der Waals surface area contributed by atoms with Gasteiger partial charge in [-0.2, -0.15) is 0 Å². The fraction of sp³-hybridized carbons (Fsp3) is 0.423. The summed E-state index contributed by atoms with van der Waals surface area (Å²) in [5.41, 5.74) is 0.995. The van der Waals surface area contributed by atoms with Gasteiger partial charge in [0.05, 0.1) is 6.04 Å². The van der Waals surface area contributed by atoms with Gasteiger partial charge in [0.1, 0.15) is 18.2 Å². The first-order valence-electron chi connectivity index (χ1n) is 11.4. The zero-order chi connectivity index (χ0) is 24.7. The molecular formula is C26H32N2O6. The number of benzene rings is 2. The molecule has 1 fully saturated rings. The summed E-state index contributed by atoms with van der Waals surface area (Å²) in [7, 11) is 0. The number of hydrogen-bond acceptors (Lipinski definition) is 5. The molecule has 1 N–H and O–H groups in total. The highest BCUT2D eigenvalue weighted by Gasteiger charge is 2.41. The SMILES string of the molecule is CC(C)(C)OC(=O)N1CC(N(Cc2ccccc2)C(=O)OCc2ccccc2)CC[C@H]1C(=O)O. The second-order valence-corrected chi connectivity index (χ2v) is 9.37. The Kier molecular flexibility index (Phi) is 8.15. The van der Waals surface area contributed by atoms with E-state index >= 15 is 0 Å². The van der Waals surface area contributed by atoms with Crippen LogP contribution in [-0.4, -0.2) is 57.3 Å². The highest BCUT2D eigenvalue weighted by molar-refractivity contribution is 5.80. The molecule has 0 bridgehead atoms. The molecule has 182 valence electrons. The van der Waals surface area contributed by atoms with Gasteiger partial charge in [-0.1, -0.05) is 60.7 Å². The lowest BCUT2D eigenvalue weighted by Crippen LogP contribution is -2.57. The van der Waals surface area contributed by atoms with Crippen molar-refractivity contribution in [2.45, 2.75) is 64.4 Å². The van der Waals surface area contributed by atoms with Crippen molar-refractivity contribution in [1.82, 2.24) is 9.80 Å². The average molecular weight is 469 g/mol. The van der Waals surface area contributed by atoms with Crippen LogP contribution in [0.25, 0.3) is 0 Å². The molecule has 2 aromatic rings. The molecule has 0 radical (unpaired) electrons. The number of piperidine rings is 1. The van der Waals surface area contributed by atoms with Gasteiger partial charge in [0.25, 0.3) is 0 Å². The summed E-state index contributed by atoms with van der Waals surface area (Å²) >= 11 is 0. The molecule has 1 aliphatic rings. The highest BCUT2D eigenvalue weighted by Crippen LogP contribution is 2.26. The molecule has 0 saturated carbocycles. The molecule has 1 unspecified atom stereocenters.